The first-order valence-corrected chi connectivity index (χ1v) is 4.59. The van der Waals surface area contributed by atoms with Crippen molar-refractivity contribution in [3.8, 4) is 6.07 Å². The monoisotopic (exact) mass is 168 g/mol. The highest BCUT2D eigenvalue weighted by molar-refractivity contribution is 4.71. The Morgan fingerprint density at radius 2 is 2.50 bits per heavy atom. The maximum Gasteiger partial charge on any atom is 0.0622 e. The van der Waals surface area contributed by atoms with Crippen LogP contribution < -0.4 is 5.32 Å². The van der Waals surface area contributed by atoms with Crippen LogP contribution in [0.2, 0.25) is 0 Å². The van der Waals surface area contributed by atoms with Gasteiger partial charge in [-0.1, -0.05) is 0 Å². The van der Waals surface area contributed by atoms with Gasteiger partial charge in [0.2, 0.25) is 0 Å². The fourth-order valence-electron chi connectivity index (χ4n) is 1.36. The Bertz CT molecular complexity index is 147. The maximum absolute atomic E-state index is 8.26. The summed E-state index contributed by atoms with van der Waals surface area (Å²) >= 11 is 0. The number of rotatable bonds is 5. The van der Waals surface area contributed by atoms with Crippen LogP contribution in [-0.4, -0.2) is 26.3 Å². The normalized spacial score (nSPS) is 22.4. The van der Waals surface area contributed by atoms with Crippen molar-refractivity contribution in [2.75, 3.05) is 26.3 Å². The molecule has 1 fully saturated rings. The fraction of sp³-hybridized carbons (Fsp3) is 0.889. The van der Waals surface area contributed by atoms with Crippen LogP contribution in [-0.2, 0) is 4.74 Å². The summed E-state index contributed by atoms with van der Waals surface area (Å²) in [5, 5.41) is 11.6. The topological polar surface area (TPSA) is 45.0 Å². The lowest BCUT2D eigenvalue weighted by molar-refractivity contribution is 0.104. The second-order valence-corrected chi connectivity index (χ2v) is 3.20. The van der Waals surface area contributed by atoms with Crippen LogP contribution in [0.15, 0.2) is 0 Å². The zero-order valence-electron chi connectivity index (χ0n) is 7.38. The first kappa shape index (κ1) is 9.50. The molecule has 0 aromatic heterocycles. The summed E-state index contributed by atoms with van der Waals surface area (Å²) in [7, 11) is 0. The van der Waals surface area contributed by atoms with Crippen LogP contribution in [0.25, 0.3) is 0 Å². The second-order valence-electron chi connectivity index (χ2n) is 3.20. The van der Waals surface area contributed by atoms with Crippen LogP contribution in [0.5, 0.6) is 0 Å². The van der Waals surface area contributed by atoms with Gasteiger partial charge in [0.15, 0.2) is 0 Å². The molecule has 0 aliphatic carbocycles. The number of nitriles is 1. The predicted octanol–water partition coefficient (Wildman–Crippen LogP) is 0.916. The van der Waals surface area contributed by atoms with E-state index in [1.54, 1.807) is 0 Å². The summed E-state index contributed by atoms with van der Waals surface area (Å²) in [6.45, 7) is 3.83. The molecule has 0 spiro atoms. The average Bonchev–Trinajstić information content (AvgIpc) is 2.57. The van der Waals surface area contributed by atoms with Crippen LogP contribution in [0, 0.1) is 17.2 Å². The van der Waals surface area contributed by atoms with Crippen molar-refractivity contribution in [1.29, 1.82) is 5.26 Å². The van der Waals surface area contributed by atoms with Crippen molar-refractivity contribution in [2.45, 2.75) is 19.3 Å². The zero-order chi connectivity index (χ0) is 8.65. The molecule has 0 aromatic carbocycles. The van der Waals surface area contributed by atoms with Crippen molar-refractivity contribution in [2.24, 2.45) is 5.92 Å². The van der Waals surface area contributed by atoms with Crippen molar-refractivity contribution >= 4 is 0 Å². The fourth-order valence-corrected chi connectivity index (χ4v) is 1.36. The molecule has 3 heteroatoms. The molecular formula is C9H16N2O. The zero-order valence-corrected chi connectivity index (χ0v) is 7.38. The lowest BCUT2D eigenvalue weighted by Crippen LogP contribution is -2.14. The summed E-state index contributed by atoms with van der Waals surface area (Å²) in [5.74, 6) is 0.701. The van der Waals surface area contributed by atoms with Gasteiger partial charge in [0, 0.05) is 19.6 Å². The highest BCUT2D eigenvalue weighted by Gasteiger charge is 2.13. The van der Waals surface area contributed by atoms with Gasteiger partial charge in [0.1, 0.15) is 0 Å². The molecule has 1 rings (SSSR count). The van der Waals surface area contributed by atoms with E-state index >= 15 is 0 Å². The molecule has 12 heavy (non-hydrogen) atoms. The number of nitrogens with one attached hydrogen (secondary N) is 1. The lowest BCUT2D eigenvalue weighted by atomic mass is 10.1. The summed E-state index contributed by atoms with van der Waals surface area (Å²) < 4.78 is 5.43. The summed E-state index contributed by atoms with van der Waals surface area (Å²) in [6.07, 6.45) is 2.72. The Hall–Kier alpha value is -0.590. The molecule has 1 N–H and O–H groups in total. The quantitative estimate of drug-likeness (QED) is 0.621. The minimum atomic E-state index is 0.614. The van der Waals surface area contributed by atoms with E-state index < -0.39 is 0 Å². The van der Waals surface area contributed by atoms with Gasteiger partial charge in [-0.05, 0) is 25.3 Å². The lowest BCUT2D eigenvalue weighted by Gasteiger charge is -2.07. The first-order chi connectivity index (χ1) is 5.93. The van der Waals surface area contributed by atoms with Crippen LogP contribution in [0.3, 0.4) is 0 Å². The number of ether oxygens (including phenoxy) is 1. The predicted molar refractivity (Wildman–Crippen MR) is 46.6 cm³/mol. The van der Waals surface area contributed by atoms with Gasteiger partial charge in [-0.25, -0.2) is 0 Å². The molecule has 3 nitrogen and oxygen atoms in total. The highest BCUT2D eigenvalue weighted by Crippen LogP contribution is 2.07. The summed E-state index contributed by atoms with van der Waals surface area (Å²) in [6, 6.07) is 2.10. The van der Waals surface area contributed by atoms with Crippen molar-refractivity contribution in [3.63, 3.8) is 0 Å². The van der Waals surface area contributed by atoms with Crippen LogP contribution in [0.4, 0.5) is 0 Å². The van der Waals surface area contributed by atoms with Crippen molar-refractivity contribution < 1.29 is 4.74 Å². The van der Waals surface area contributed by atoms with Crippen molar-refractivity contribution in [3.05, 3.63) is 0 Å². The standard InChI is InChI=1S/C9H16N2O/c10-4-1-2-6-12-8-9-3-5-11-7-9/h9,11H,1-3,5-8H2. The molecule has 1 aliphatic rings. The van der Waals surface area contributed by atoms with E-state index in [9.17, 15) is 0 Å². The molecule has 0 amide bonds. The van der Waals surface area contributed by atoms with E-state index in [0.29, 0.717) is 12.3 Å². The second kappa shape index (κ2) is 5.99. The Morgan fingerprint density at radius 1 is 1.58 bits per heavy atom. The molecule has 1 heterocycles. The Labute approximate surface area is 73.7 Å². The van der Waals surface area contributed by atoms with Crippen LogP contribution >= 0.6 is 0 Å². The van der Waals surface area contributed by atoms with E-state index in [1.807, 2.05) is 0 Å². The number of hydrogen-bond donors (Lipinski definition) is 1. The Kier molecular flexibility index (Phi) is 4.74. The Morgan fingerprint density at radius 3 is 3.17 bits per heavy atom. The van der Waals surface area contributed by atoms with Crippen LogP contribution in [0.1, 0.15) is 19.3 Å². The van der Waals surface area contributed by atoms with Crippen molar-refractivity contribution in [1.82, 2.24) is 5.32 Å². The van der Waals surface area contributed by atoms with Gasteiger partial charge < -0.3 is 10.1 Å². The smallest absolute Gasteiger partial charge is 0.0622 e. The third kappa shape index (κ3) is 3.70. The van der Waals surface area contributed by atoms with Gasteiger partial charge in [0.05, 0.1) is 12.7 Å². The highest BCUT2D eigenvalue weighted by atomic mass is 16.5. The molecule has 1 unspecified atom stereocenters. The number of unbranched alkanes of at least 4 members (excludes halogenated alkanes) is 1. The van der Waals surface area contributed by atoms with Gasteiger partial charge in [-0.3, -0.25) is 0 Å². The maximum atomic E-state index is 8.26. The number of nitrogens with zero attached hydrogens (tertiary/aromatic N) is 1. The minimum absolute atomic E-state index is 0.614. The largest absolute Gasteiger partial charge is 0.381 e. The molecule has 1 atom stereocenters. The average molecular weight is 168 g/mol. The van der Waals surface area contributed by atoms with E-state index in [4.69, 9.17) is 10.00 Å². The molecule has 68 valence electrons. The third-order valence-electron chi connectivity index (χ3n) is 2.09. The Balaban J connectivity index is 1.85. The van der Waals surface area contributed by atoms with E-state index in [0.717, 1.165) is 32.7 Å². The molecule has 0 bridgehead atoms. The summed E-state index contributed by atoms with van der Waals surface area (Å²) in [5.41, 5.74) is 0. The van der Waals surface area contributed by atoms with E-state index in [-0.39, 0.29) is 0 Å². The summed E-state index contributed by atoms with van der Waals surface area (Å²) in [4.78, 5) is 0. The molecular weight excluding hydrogens is 152 g/mol. The molecule has 0 aromatic rings. The third-order valence-corrected chi connectivity index (χ3v) is 2.09. The molecule has 1 aliphatic heterocycles. The first-order valence-electron chi connectivity index (χ1n) is 4.59. The van der Waals surface area contributed by atoms with Gasteiger partial charge in [-0.2, -0.15) is 5.26 Å². The SMILES string of the molecule is N#CCCCOCC1CCNC1. The van der Waals surface area contributed by atoms with E-state index in [1.165, 1.54) is 6.42 Å². The van der Waals surface area contributed by atoms with Gasteiger partial charge in [-0.15, -0.1) is 0 Å². The van der Waals surface area contributed by atoms with Gasteiger partial charge >= 0.3 is 0 Å². The molecule has 1 saturated heterocycles. The molecule has 0 radical (unpaired) electrons. The minimum Gasteiger partial charge on any atom is -0.381 e. The van der Waals surface area contributed by atoms with E-state index in [2.05, 4.69) is 11.4 Å². The molecule has 0 saturated carbocycles. The van der Waals surface area contributed by atoms with Gasteiger partial charge in [0.25, 0.3) is 0 Å². The number of hydrogen-bond acceptors (Lipinski definition) is 3.